The number of carbonyl (C=O) groups excluding carboxylic acids is 1. The van der Waals surface area contributed by atoms with Crippen molar-refractivity contribution in [1.82, 2.24) is 9.88 Å². The average Bonchev–Trinajstić information content (AvgIpc) is 3.38. The van der Waals surface area contributed by atoms with Gasteiger partial charge in [-0.2, -0.15) is 0 Å². The van der Waals surface area contributed by atoms with Crippen LogP contribution in [0.25, 0.3) is 0 Å². The van der Waals surface area contributed by atoms with E-state index in [-0.39, 0.29) is 5.91 Å². The molecule has 2 aromatic rings. The first-order chi connectivity index (χ1) is 15.6. The van der Waals surface area contributed by atoms with E-state index in [0.717, 1.165) is 57.1 Å². The first-order valence-electron chi connectivity index (χ1n) is 11.5. The Hall–Kier alpha value is -2.86. The van der Waals surface area contributed by atoms with Crippen molar-refractivity contribution in [3.8, 4) is 5.75 Å². The fourth-order valence-corrected chi connectivity index (χ4v) is 4.76. The third-order valence-electron chi connectivity index (χ3n) is 6.75. The highest BCUT2D eigenvalue weighted by molar-refractivity contribution is 5.94. The maximum absolute atomic E-state index is 12.9. The molecule has 170 valence electrons. The number of pyridine rings is 1. The quantitative estimate of drug-likeness (QED) is 0.708. The Kier molecular flexibility index (Phi) is 7.10. The van der Waals surface area contributed by atoms with Crippen LogP contribution in [0.4, 0.5) is 5.82 Å². The van der Waals surface area contributed by atoms with Crippen LogP contribution in [0.2, 0.25) is 0 Å². The summed E-state index contributed by atoms with van der Waals surface area (Å²) in [5.41, 5.74) is 4.43. The van der Waals surface area contributed by atoms with Gasteiger partial charge >= 0.3 is 0 Å². The van der Waals surface area contributed by atoms with Crippen LogP contribution in [0.1, 0.15) is 53.6 Å². The number of aromatic nitrogens is 1. The number of hydrogen-bond acceptors (Lipinski definition) is 5. The van der Waals surface area contributed by atoms with Crippen molar-refractivity contribution < 1.29 is 14.3 Å². The number of anilines is 1. The Morgan fingerprint density at radius 1 is 1.19 bits per heavy atom. The minimum Gasteiger partial charge on any atom is -0.497 e. The smallest absolute Gasteiger partial charge is 0.253 e. The molecular formula is C26H33N3O3. The summed E-state index contributed by atoms with van der Waals surface area (Å²) in [6.07, 6.45) is 7.00. The summed E-state index contributed by atoms with van der Waals surface area (Å²) in [6.45, 7) is 7.34. The summed E-state index contributed by atoms with van der Waals surface area (Å²) in [7, 11) is 1.63. The number of likely N-dealkylation sites (tertiary alicyclic amines) is 1. The van der Waals surface area contributed by atoms with Crippen LogP contribution >= 0.6 is 0 Å². The van der Waals surface area contributed by atoms with E-state index in [2.05, 4.69) is 36.3 Å². The molecule has 1 N–H and O–H groups in total. The monoisotopic (exact) mass is 435 g/mol. The van der Waals surface area contributed by atoms with E-state index in [1.54, 1.807) is 7.11 Å². The SMILES string of the molecule is C/C=C(\Nc1nccc(C2CCN(C(=O)c3ccc(OC)cc3)CC2)c1C)C1CCOC1. The van der Waals surface area contributed by atoms with Gasteiger partial charge in [-0.05, 0) is 80.5 Å². The minimum absolute atomic E-state index is 0.0939. The number of piperidine rings is 1. The van der Waals surface area contributed by atoms with Crippen molar-refractivity contribution in [3.63, 3.8) is 0 Å². The van der Waals surface area contributed by atoms with Crippen LogP contribution < -0.4 is 10.1 Å². The van der Waals surface area contributed by atoms with Gasteiger partial charge in [0.2, 0.25) is 0 Å². The molecule has 0 saturated carbocycles. The first-order valence-corrected chi connectivity index (χ1v) is 11.5. The Balaban J connectivity index is 1.41. The lowest BCUT2D eigenvalue weighted by Gasteiger charge is -2.33. The molecule has 2 fully saturated rings. The Morgan fingerprint density at radius 2 is 1.94 bits per heavy atom. The number of methoxy groups -OCH3 is 1. The third kappa shape index (κ3) is 4.80. The van der Waals surface area contributed by atoms with Crippen LogP contribution in [0.5, 0.6) is 5.75 Å². The number of amides is 1. The molecule has 2 saturated heterocycles. The predicted octanol–water partition coefficient (Wildman–Crippen LogP) is 4.77. The number of benzene rings is 1. The van der Waals surface area contributed by atoms with E-state index in [1.807, 2.05) is 35.4 Å². The number of nitrogens with one attached hydrogen (secondary N) is 1. The molecule has 1 unspecified atom stereocenters. The molecule has 2 aliphatic heterocycles. The topological polar surface area (TPSA) is 63.7 Å². The van der Waals surface area contributed by atoms with Crippen LogP contribution in [-0.2, 0) is 4.74 Å². The Morgan fingerprint density at radius 3 is 2.56 bits per heavy atom. The van der Waals surface area contributed by atoms with Gasteiger partial charge in [0.25, 0.3) is 5.91 Å². The summed E-state index contributed by atoms with van der Waals surface area (Å²) < 4.78 is 10.8. The van der Waals surface area contributed by atoms with Gasteiger partial charge in [-0.15, -0.1) is 0 Å². The number of rotatable bonds is 6. The van der Waals surface area contributed by atoms with E-state index in [4.69, 9.17) is 9.47 Å². The van der Waals surface area contributed by atoms with Gasteiger partial charge in [-0.3, -0.25) is 4.79 Å². The van der Waals surface area contributed by atoms with Gasteiger partial charge in [0.15, 0.2) is 0 Å². The van der Waals surface area contributed by atoms with E-state index in [9.17, 15) is 4.79 Å². The molecule has 32 heavy (non-hydrogen) atoms. The molecule has 1 amide bonds. The number of ether oxygens (including phenoxy) is 2. The highest BCUT2D eigenvalue weighted by Gasteiger charge is 2.27. The number of allylic oxidation sites excluding steroid dienone is 1. The largest absolute Gasteiger partial charge is 0.497 e. The second-order valence-electron chi connectivity index (χ2n) is 8.60. The summed E-state index contributed by atoms with van der Waals surface area (Å²) in [5.74, 6) is 2.63. The van der Waals surface area contributed by atoms with Crippen molar-refractivity contribution in [1.29, 1.82) is 0 Å². The molecule has 4 rings (SSSR count). The molecule has 3 heterocycles. The lowest BCUT2D eigenvalue weighted by molar-refractivity contribution is 0.0713. The summed E-state index contributed by atoms with van der Waals surface area (Å²) in [4.78, 5) is 19.5. The van der Waals surface area contributed by atoms with Crippen molar-refractivity contribution in [2.45, 2.75) is 39.0 Å². The number of carbonyl (C=O) groups is 1. The van der Waals surface area contributed by atoms with Crippen LogP contribution in [0, 0.1) is 12.8 Å². The Labute approximate surface area is 190 Å². The van der Waals surface area contributed by atoms with Crippen LogP contribution in [0.3, 0.4) is 0 Å². The zero-order valence-corrected chi connectivity index (χ0v) is 19.3. The van der Waals surface area contributed by atoms with Gasteiger partial charge in [-0.1, -0.05) is 6.08 Å². The van der Waals surface area contributed by atoms with E-state index < -0.39 is 0 Å². The fourth-order valence-electron chi connectivity index (χ4n) is 4.76. The van der Waals surface area contributed by atoms with Gasteiger partial charge in [0.1, 0.15) is 11.6 Å². The van der Waals surface area contributed by atoms with Crippen LogP contribution in [0.15, 0.2) is 48.3 Å². The summed E-state index contributed by atoms with van der Waals surface area (Å²) in [6, 6.07) is 9.50. The van der Waals surface area contributed by atoms with Gasteiger partial charge in [-0.25, -0.2) is 4.98 Å². The van der Waals surface area contributed by atoms with Crippen molar-refractivity contribution >= 4 is 11.7 Å². The third-order valence-corrected chi connectivity index (χ3v) is 6.75. The molecule has 1 atom stereocenters. The molecular weight excluding hydrogens is 402 g/mol. The molecule has 1 aromatic carbocycles. The number of nitrogens with zero attached hydrogens (tertiary/aromatic N) is 2. The molecule has 6 heteroatoms. The second-order valence-corrected chi connectivity index (χ2v) is 8.60. The molecule has 0 radical (unpaired) electrons. The maximum Gasteiger partial charge on any atom is 0.253 e. The van der Waals surface area contributed by atoms with Gasteiger partial charge in [0.05, 0.1) is 13.7 Å². The molecule has 1 aromatic heterocycles. The molecule has 0 bridgehead atoms. The van der Waals surface area contributed by atoms with Crippen molar-refractivity contribution in [2.75, 3.05) is 38.7 Å². The molecule has 2 aliphatic rings. The molecule has 6 nitrogen and oxygen atoms in total. The second kappa shape index (κ2) is 10.2. The van der Waals surface area contributed by atoms with Gasteiger partial charge in [0, 0.05) is 43.1 Å². The summed E-state index contributed by atoms with van der Waals surface area (Å²) >= 11 is 0. The van der Waals surface area contributed by atoms with Crippen LogP contribution in [-0.4, -0.2) is 49.2 Å². The van der Waals surface area contributed by atoms with E-state index in [0.29, 0.717) is 17.4 Å². The highest BCUT2D eigenvalue weighted by atomic mass is 16.5. The number of hydrogen-bond donors (Lipinski definition) is 1. The van der Waals surface area contributed by atoms with E-state index in [1.165, 1.54) is 16.8 Å². The zero-order valence-electron chi connectivity index (χ0n) is 19.3. The maximum atomic E-state index is 12.9. The predicted molar refractivity (Wildman–Crippen MR) is 126 cm³/mol. The lowest BCUT2D eigenvalue weighted by Crippen LogP contribution is -2.38. The highest BCUT2D eigenvalue weighted by Crippen LogP contribution is 2.34. The zero-order chi connectivity index (χ0) is 22.5. The fraction of sp³-hybridized carbons (Fsp3) is 0.462. The molecule has 0 aliphatic carbocycles. The van der Waals surface area contributed by atoms with Gasteiger partial charge < -0.3 is 19.7 Å². The summed E-state index contributed by atoms with van der Waals surface area (Å²) in [5, 5.41) is 3.57. The standard InChI is InChI=1S/C26H33N3O3/c1-4-24(21-12-16-32-17-21)28-25-18(2)23(9-13-27-25)19-10-14-29(15-11-19)26(30)20-5-7-22(31-3)8-6-20/h4-9,13,19,21H,10-12,14-17H2,1-3H3,(H,27,28)/b24-4-. The lowest BCUT2D eigenvalue weighted by atomic mass is 9.87. The van der Waals surface area contributed by atoms with Crippen molar-refractivity contribution in [3.05, 3.63) is 65.0 Å². The average molecular weight is 436 g/mol. The minimum atomic E-state index is 0.0939. The normalized spacial score (nSPS) is 19.8. The van der Waals surface area contributed by atoms with E-state index >= 15 is 0 Å². The first kappa shape index (κ1) is 22.3. The molecule has 0 spiro atoms. The van der Waals surface area contributed by atoms with Crippen molar-refractivity contribution in [2.24, 2.45) is 5.92 Å². The Bertz CT molecular complexity index is 957.